The normalized spacial score (nSPS) is 13.7. The second-order valence-electron chi connectivity index (χ2n) is 8.20. The van der Waals surface area contributed by atoms with Crippen molar-refractivity contribution in [1.29, 1.82) is 0 Å². The Morgan fingerprint density at radius 1 is 0.900 bits per heavy atom. The van der Waals surface area contributed by atoms with Crippen molar-refractivity contribution in [3.05, 3.63) is 88.9 Å². The molecule has 1 saturated carbocycles. The summed E-state index contributed by atoms with van der Waals surface area (Å²) < 4.78 is 4.15. The lowest BCUT2D eigenvalue weighted by atomic mass is 10.1. The highest BCUT2D eigenvalue weighted by molar-refractivity contribution is 5.51. The average Bonchev–Trinajstić information content (AvgIpc) is 3.40. The Balaban J connectivity index is 1.52. The third-order valence-electron chi connectivity index (χ3n) is 5.71. The molecule has 0 amide bonds. The molecule has 0 spiro atoms. The lowest BCUT2D eigenvalue weighted by Crippen LogP contribution is -2.05. The number of hydrogen-bond donors (Lipinski definition) is 0. The van der Waals surface area contributed by atoms with Crippen LogP contribution in [0, 0.1) is 6.92 Å². The van der Waals surface area contributed by atoms with Crippen LogP contribution in [0.2, 0.25) is 0 Å². The molecule has 2 aromatic heterocycles. The zero-order valence-electron chi connectivity index (χ0n) is 17.6. The molecule has 152 valence electrons. The Labute approximate surface area is 177 Å². The fourth-order valence-corrected chi connectivity index (χ4v) is 3.91. The molecular weight excluding hydrogens is 370 g/mol. The van der Waals surface area contributed by atoms with Crippen LogP contribution < -0.4 is 0 Å². The molecule has 5 rings (SSSR count). The number of aryl methyl sites for hydroxylation is 2. The minimum absolute atomic E-state index is 0.656. The largest absolute Gasteiger partial charge is 0.269 e. The quantitative estimate of drug-likeness (QED) is 0.442. The molecule has 5 heteroatoms. The molecule has 1 aliphatic carbocycles. The maximum atomic E-state index is 4.93. The van der Waals surface area contributed by atoms with E-state index in [-0.39, 0.29) is 0 Å². The lowest BCUT2D eigenvalue weighted by Gasteiger charge is -2.05. The Morgan fingerprint density at radius 3 is 2.37 bits per heavy atom. The molecule has 30 heavy (non-hydrogen) atoms. The molecule has 1 fully saturated rings. The van der Waals surface area contributed by atoms with Gasteiger partial charge in [-0.1, -0.05) is 60.2 Å². The first-order valence-corrected chi connectivity index (χ1v) is 10.8. The zero-order chi connectivity index (χ0) is 20.5. The predicted octanol–water partition coefficient (Wildman–Crippen LogP) is 4.99. The lowest BCUT2D eigenvalue weighted by molar-refractivity contribution is 0.621. The van der Waals surface area contributed by atoms with Gasteiger partial charge in [-0.15, -0.1) is 0 Å². The molecular formula is C25H27N5. The van der Waals surface area contributed by atoms with Crippen LogP contribution >= 0.6 is 0 Å². The van der Waals surface area contributed by atoms with E-state index in [4.69, 9.17) is 15.2 Å². The predicted molar refractivity (Wildman–Crippen MR) is 118 cm³/mol. The molecule has 4 aromatic rings. The summed E-state index contributed by atoms with van der Waals surface area (Å²) in [5, 5.41) is 9.77. The third-order valence-corrected chi connectivity index (χ3v) is 5.71. The van der Waals surface area contributed by atoms with Gasteiger partial charge < -0.3 is 0 Å². The van der Waals surface area contributed by atoms with Crippen molar-refractivity contribution in [2.75, 3.05) is 0 Å². The van der Waals surface area contributed by atoms with Gasteiger partial charge in [0.1, 0.15) is 5.69 Å². The Hall–Kier alpha value is -3.21. The smallest absolute Gasteiger partial charge is 0.179 e. The van der Waals surface area contributed by atoms with Crippen LogP contribution in [0.15, 0.2) is 60.7 Å². The molecule has 1 aliphatic rings. The van der Waals surface area contributed by atoms with Gasteiger partial charge in [-0.25, -0.2) is 9.67 Å². The van der Waals surface area contributed by atoms with Gasteiger partial charge in [-0.05, 0) is 43.9 Å². The van der Waals surface area contributed by atoms with Crippen LogP contribution in [0.5, 0.6) is 0 Å². The van der Waals surface area contributed by atoms with E-state index in [1.165, 1.54) is 35.2 Å². The monoisotopic (exact) mass is 397 g/mol. The first kappa shape index (κ1) is 18.8. The minimum Gasteiger partial charge on any atom is -0.269 e. The number of benzene rings is 2. The molecule has 0 N–H and O–H groups in total. The van der Waals surface area contributed by atoms with E-state index >= 15 is 0 Å². The van der Waals surface area contributed by atoms with E-state index in [1.807, 2.05) is 10.7 Å². The van der Waals surface area contributed by atoms with Crippen molar-refractivity contribution in [3.63, 3.8) is 0 Å². The summed E-state index contributed by atoms with van der Waals surface area (Å²) in [5.41, 5.74) is 5.96. The molecule has 0 atom stereocenters. The molecule has 2 heterocycles. The highest BCUT2D eigenvalue weighted by atomic mass is 15.4. The summed E-state index contributed by atoms with van der Waals surface area (Å²) in [4.78, 5) is 4.93. The highest BCUT2D eigenvalue weighted by Crippen LogP contribution is 2.41. The number of aromatic nitrogens is 5. The van der Waals surface area contributed by atoms with E-state index in [0.29, 0.717) is 12.5 Å². The number of nitrogens with zero attached hydrogens (tertiary/aromatic N) is 5. The molecule has 0 saturated heterocycles. The zero-order valence-corrected chi connectivity index (χ0v) is 17.6. The van der Waals surface area contributed by atoms with Crippen molar-refractivity contribution in [3.8, 4) is 11.5 Å². The van der Waals surface area contributed by atoms with Crippen molar-refractivity contribution in [2.24, 2.45) is 0 Å². The molecule has 0 unspecified atom stereocenters. The summed E-state index contributed by atoms with van der Waals surface area (Å²) in [6, 6.07) is 21.2. The van der Waals surface area contributed by atoms with Crippen molar-refractivity contribution < 1.29 is 0 Å². The van der Waals surface area contributed by atoms with Crippen molar-refractivity contribution in [1.82, 2.24) is 24.5 Å². The van der Waals surface area contributed by atoms with Gasteiger partial charge >= 0.3 is 0 Å². The fourth-order valence-electron chi connectivity index (χ4n) is 3.91. The van der Waals surface area contributed by atoms with Crippen molar-refractivity contribution >= 4 is 0 Å². The maximum absolute atomic E-state index is 4.93. The van der Waals surface area contributed by atoms with Gasteiger partial charge in [0, 0.05) is 24.6 Å². The van der Waals surface area contributed by atoms with Crippen LogP contribution in [0.1, 0.15) is 53.9 Å². The standard InChI is InChI=1S/C25H27N5/c1-3-29-23(21-13-14-21)16-22(27-29)25-26-24(15-19-7-5-4-6-8-19)28-30(25)17-20-11-9-18(2)10-12-20/h4-12,16,21H,3,13-15,17H2,1-2H3. The first-order chi connectivity index (χ1) is 14.7. The maximum Gasteiger partial charge on any atom is 0.179 e. The summed E-state index contributed by atoms with van der Waals surface area (Å²) >= 11 is 0. The van der Waals surface area contributed by atoms with E-state index in [2.05, 4.69) is 73.1 Å². The van der Waals surface area contributed by atoms with Gasteiger partial charge in [0.05, 0.1) is 6.54 Å². The Morgan fingerprint density at radius 2 is 1.67 bits per heavy atom. The van der Waals surface area contributed by atoms with Gasteiger partial charge in [-0.2, -0.15) is 10.2 Å². The second-order valence-corrected chi connectivity index (χ2v) is 8.20. The van der Waals surface area contributed by atoms with Gasteiger partial charge in [0.2, 0.25) is 0 Å². The van der Waals surface area contributed by atoms with Gasteiger partial charge in [-0.3, -0.25) is 4.68 Å². The fraction of sp³-hybridized carbons (Fsp3) is 0.320. The number of rotatable bonds is 7. The molecule has 0 bridgehead atoms. The molecule has 0 radical (unpaired) electrons. The van der Waals surface area contributed by atoms with Crippen LogP contribution in [0.4, 0.5) is 0 Å². The number of hydrogen-bond acceptors (Lipinski definition) is 3. The molecule has 0 aliphatic heterocycles. The first-order valence-electron chi connectivity index (χ1n) is 10.8. The van der Waals surface area contributed by atoms with Crippen molar-refractivity contribution in [2.45, 2.75) is 52.1 Å². The van der Waals surface area contributed by atoms with Crippen LogP contribution in [0.3, 0.4) is 0 Å². The summed E-state index contributed by atoms with van der Waals surface area (Å²) in [6.07, 6.45) is 3.25. The van der Waals surface area contributed by atoms with E-state index in [1.54, 1.807) is 0 Å². The third kappa shape index (κ3) is 3.92. The Kier molecular flexibility index (Phi) is 4.95. The van der Waals surface area contributed by atoms with E-state index < -0.39 is 0 Å². The van der Waals surface area contributed by atoms with E-state index in [9.17, 15) is 0 Å². The van der Waals surface area contributed by atoms with Crippen LogP contribution in [0.25, 0.3) is 11.5 Å². The summed E-state index contributed by atoms with van der Waals surface area (Å²) in [7, 11) is 0. The second kappa shape index (κ2) is 7.90. The topological polar surface area (TPSA) is 48.5 Å². The SMILES string of the molecule is CCn1nc(-c2nc(Cc3ccccc3)nn2Cc2ccc(C)cc2)cc1C1CC1. The highest BCUT2D eigenvalue weighted by Gasteiger charge is 2.29. The minimum atomic E-state index is 0.656. The van der Waals surface area contributed by atoms with Crippen LogP contribution in [-0.4, -0.2) is 24.5 Å². The summed E-state index contributed by atoms with van der Waals surface area (Å²) in [6.45, 7) is 5.84. The van der Waals surface area contributed by atoms with E-state index in [0.717, 1.165) is 30.3 Å². The summed E-state index contributed by atoms with van der Waals surface area (Å²) in [5.74, 6) is 2.35. The molecule has 5 nitrogen and oxygen atoms in total. The van der Waals surface area contributed by atoms with Crippen LogP contribution in [-0.2, 0) is 19.5 Å². The average molecular weight is 398 g/mol. The van der Waals surface area contributed by atoms with Gasteiger partial charge in [0.15, 0.2) is 11.6 Å². The van der Waals surface area contributed by atoms with Gasteiger partial charge in [0.25, 0.3) is 0 Å². The Bertz CT molecular complexity index is 1130. The molecule has 2 aromatic carbocycles.